The summed E-state index contributed by atoms with van der Waals surface area (Å²) in [6.07, 6.45) is 2.00. The van der Waals surface area contributed by atoms with Crippen LogP contribution < -0.4 is 4.90 Å². The summed E-state index contributed by atoms with van der Waals surface area (Å²) in [5.41, 5.74) is 2.79. The van der Waals surface area contributed by atoms with Gasteiger partial charge in [0.25, 0.3) is 11.8 Å². The van der Waals surface area contributed by atoms with Crippen molar-refractivity contribution in [2.24, 2.45) is 0 Å². The van der Waals surface area contributed by atoms with Crippen LogP contribution in [-0.2, 0) is 20.9 Å². The fraction of sp³-hybridized carbons (Fsp3) is 0.250. The van der Waals surface area contributed by atoms with E-state index in [2.05, 4.69) is 0 Å². The number of carbonyl (C=O) groups is 3. The van der Waals surface area contributed by atoms with Gasteiger partial charge < -0.3 is 10.0 Å². The van der Waals surface area contributed by atoms with Gasteiger partial charge in [-0.2, -0.15) is 0 Å². The van der Waals surface area contributed by atoms with Crippen molar-refractivity contribution in [1.82, 2.24) is 4.90 Å². The zero-order valence-electron chi connectivity index (χ0n) is 17.6. The molecule has 0 saturated carbocycles. The zero-order valence-corrected chi connectivity index (χ0v) is 20.0. The molecular formula is C24H21ClN2O4S2. The van der Waals surface area contributed by atoms with Crippen molar-refractivity contribution in [2.75, 3.05) is 11.4 Å². The molecule has 0 aromatic heterocycles. The van der Waals surface area contributed by atoms with Crippen LogP contribution in [0.25, 0.3) is 5.57 Å². The lowest BCUT2D eigenvalue weighted by atomic mass is 10.1. The number of hydrogen-bond acceptors (Lipinski definition) is 5. The number of carboxylic acid groups (broad SMARTS) is 1. The molecule has 2 aromatic rings. The minimum absolute atomic E-state index is 0.108. The number of thiocarbonyl (C=S) groups is 1. The van der Waals surface area contributed by atoms with Gasteiger partial charge in [-0.05, 0) is 36.6 Å². The Bertz CT molecular complexity index is 1160. The molecule has 9 heteroatoms. The molecule has 0 radical (unpaired) electrons. The van der Waals surface area contributed by atoms with Crippen LogP contribution in [0.2, 0.25) is 5.02 Å². The number of aliphatic carboxylic acids is 1. The van der Waals surface area contributed by atoms with E-state index in [0.29, 0.717) is 52.2 Å². The average Bonchev–Trinajstić information content (AvgIpc) is 3.22. The fourth-order valence-electron chi connectivity index (χ4n) is 3.89. The fourth-order valence-corrected chi connectivity index (χ4v) is 5.40. The van der Waals surface area contributed by atoms with Crippen molar-refractivity contribution in [3.63, 3.8) is 0 Å². The molecule has 1 saturated heterocycles. The van der Waals surface area contributed by atoms with E-state index in [-0.39, 0.29) is 18.2 Å². The standard InChI is InChI=1S/C24H21ClN2O4S2/c25-16-11-9-15(10-12-16)14-27-18-7-4-3-6-17(18)20(22(27)30)21-23(31)26(24(32)33-21)13-5-1-2-8-19(28)29/h3-4,6-7,9-12H,1-2,5,8,13-14H2,(H,28,29). The Balaban J connectivity index is 1.57. The summed E-state index contributed by atoms with van der Waals surface area (Å²) < 4.78 is 0.419. The summed E-state index contributed by atoms with van der Waals surface area (Å²) in [5.74, 6) is -1.32. The van der Waals surface area contributed by atoms with Gasteiger partial charge in [0, 0.05) is 23.6 Å². The van der Waals surface area contributed by atoms with Gasteiger partial charge in [0.2, 0.25) is 0 Å². The molecule has 0 atom stereocenters. The molecule has 170 valence electrons. The Morgan fingerprint density at radius 1 is 0.970 bits per heavy atom. The minimum atomic E-state index is -0.827. The third kappa shape index (κ3) is 4.98. The van der Waals surface area contributed by atoms with Crippen molar-refractivity contribution in [1.29, 1.82) is 0 Å². The topological polar surface area (TPSA) is 77.9 Å². The molecule has 1 N–H and O–H groups in total. The summed E-state index contributed by atoms with van der Waals surface area (Å²) >= 11 is 12.6. The largest absolute Gasteiger partial charge is 0.481 e. The summed E-state index contributed by atoms with van der Waals surface area (Å²) in [6, 6.07) is 14.8. The van der Waals surface area contributed by atoms with E-state index in [9.17, 15) is 14.4 Å². The molecule has 0 spiro atoms. The number of amides is 2. The summed E-state index contributed by atoms with van der Waals surface area (Å²) in [6.45, 7) is 0.770. The molecule has 2 heterocycles. The third-order valence-electron chi connectivity index (χ3n) is 5.53. The predicted molar refractivity (Wildman–Crippen MR) is 134 cm³/mol. The molecule has 6 nitrogen and oxygen atoms in total. The lowest BCUT2D eigenvalue weighted by Crippen LogP contribution is -2.30. The normalized spacial score (nSPS) is 17.8. The highest BCUT2D eigenvalue weighted by Crippen LogP contribution is 2.45. The Kier molecular flexibility index (Phi) is 7.17. The van der Waals surface area contributed by atoms with Gasteiger partial charge in [-0.3, -0.25) is 19.3 Å². The first-order valence-electron chi connectivity index (χ1n) is 10.5. The summed E-state index contributed by atoms with van der Waals surface area (Å²) in [5, 5.41) is 9.38. The van der Waals surface area contributed by atoms with Gasteiger partial charge in [0.1, 0.15) is 4.32 Å². The van der Waals surface area contributed by atoms with Gasteiger partial charge >= 0.3 is 5.97 Å². The van der Waals surface area contributed by atoms with E-state index in [1.54, 1.807) is 17.0 Å². The highest BCUT2D eigenvalue weighted by atomic mass is 35.5. The first-order chi connectivity index (χ1) is 15.9. The number of benzene rings is 2. The van der Waals surface area contributed by atoms with Crippen molar-refractivity contribution in [3.8, 4) is 0 Å². The molecule has 2 aliphatic heterocycles. The first-order valence-corrected chi connectivity index (χ1v) is 12.1. The van der Waals surface area contributed by atoms with Crippen LogP contribution in [0.15, 0.2) is 53.4 Å². The zero-order chi connectivity index (χ0) is 23.5. The number of thioether (sulfide) groups is 1. The van der Waals surface area contributed by atoms with Crippen molar-refractivity contribution < 1.29 is 19.5 Å². The van der Waals surface area contributed by atoms with Crippen molar-refractivity contribution in [3.05, 3.63) is 69.6 Å². The number of rotatable bonds is 8. The van der Waals surface area contributed by atoms with E-state index < -0.39 is 5.97 Å². The maximum absolute atomic E-state index is 13.5. The third-order valence-corrected chi connectivity index (χ3v) is 7.23. The Labute approximate surface area is 206 Å². The van der Waals surface area contributed by atoms with Gasteiger partial charge in [-0.25, -0.2) is 0 Å². The first kappa shape index (κ1) is 23.5. The van der Waals surface area contributed by atoms with Crippen LogP contribution in [0, 0.1) is 0 Å². The smallest absolute Gasteiger partial charge is 0.303 e. The molecule has 4 rings (SSSR count). The molecule has 0 bridgehead atoms. The predicted octanol–water partition coefficient (Wildman–Crippen LogP) is 5.10. The number of carboxylic acids is 1. The maximum atomic E-state index is 13.5. The SMILES string of the molecule is O=C(O)CCCCCN1C(=O)C(=C2C(=O)N(Cc3ccc(Cl)cc3)c3ccccc32)SC1=S. The Morgan fingerprint density at radius 3 is 2.42 bits per heavy atom. The number of halogens is 1. The van der Waals surface area contributed by atoms with Crippen molar-refractivity contribution >= 4 is 68.9 Å². The van der Waals surface area contributed by atoms with Gasteiger partial charge in [-0.1, -0.05) is 72.3 Å². The van der Waals surface area contributed by atoms with E-state index in [1.165, 1.54) is 4.90 Å². The molecule has 0 unspecified atom stereocenters. The Morgan fingerprint density at radius 2 is 1.70 bits per heavy atom. The molecule has 1 fully saturated rings. The van der Waals surface area contributed by atoms with Crippen molar-refractivity contribution in [2.45, 2.75) is 32.2 Å². The van der Waals surface area contributed by atoms with E-state index in [0.717, 1.165) is 28.6 Å². The number of hydrogen-bond donors (Lipinski definition) is 1. The van der Waals surface area contributed by atoms with Crippen LogP contribution in [0.4, 0.5) is 5.69 Å². The monoisotopic (exact) mass is 500 g/mol. The molecule has 0 aliphatic carbocycles. The lowest BCUT2D eigenvalue weighted by Gasteiger charge is -2.17. The summed E-state index contributed by atoms with van der Waals surface area (Å²) in [4.78, 5) is 40.9. The molecule has 33 heavy (non-hydrogen) atoms. The summed E-state index contributed by atoms with van der Waals surface area (Å²) in [7, 11) is 0. The average molecular weight is 501 g/mol. The second-order valence-corrected chi connectivity index (χ2v) is 9.85. The number of para-hydroxylation sites is 1. The van der Waals surface area contributed by atoms with Gasteiger partial charge in [0.15, 0.2) is 0 Å². The van der Waals surface area contributed by atoms with Crippen LogP contribution in [-0.4, -0.2) is 38.7 Å². The lowest BCUT2D eigenvalue weighted by molar-refractivity contribution is -0.137. The van der Waals surface area contributed by atoms with E-state index in [4.69, 9.17) is 28.9 Å². The highest BCUT2D eigenvalue weighted by molar-refractivity contribution is 8.26. The minimum Gasteiger partial charge on any atom is -0.481 e. The number of nitrogens with zero attached hydrogens (tertiary/aromatic N) is 2. The number of fused-ring (bicyclic) bond motifs is 1. The second-order valence-electron chi connectivity index (χ2n) is 7.77. The van der Waals surface area contributed by atoms with Gasteiger partial charge in [-0.15, -0.1) is 0 Å². The molecule has 2 aliphatic rings. The second kappa shape index (κ2) is 10.1. The number of anilines is 1. The highest BCUT2D eigenvalue weighted by Gasteiger charge is 2.41. The molecule has 2 amide bonds. The maximum Gasteiger partial charge on any atom is 0.303 e. The molecule has 2 aromatic carbocycles. The van der Waals surface area contributed by atoms with E-state index in [1.807, 2.05) is 36.4 Å². The van der Waals surface area contributed by atoms with Crippen LogP contribution in [0.5, 0.6) is 0 Å². The van der Waals surface area contributed by atoms with Gasteiger partial charge in [0.05, 0.1) is 22.7 Å². The quantitative estimate of drug-likeness (QED) is 0.308. The molecular weight excluding hydrogens is 480 g/mol. The number of carbonyl (C=O) groups excluding carboxylic acids is 2. The Hall–Kier alpha value is -2.68. The number of unbranched alkanes of at least 4 members (excludes halogenated alkanes) is 2. The van der Waals surface area contributed by atoms with Crippen LogP contribution >= 0.6 is 35.6 Å². The van der Waals surface area contributed by atoms with E-state index >= 15 is 0 Å². The van der Waals surface area contributed by atoms with Crippen LogP contribution in [0.3, 0.4) is 0 Å². The van der Waals surface area contributed by atoms with Crippen LogP contribution in [0.1, 0.15) is 36.8 Å².